The predicted octanol–water partition coefficient (Wildman–Crippen LogP) is 4.08. The summed E-state index contributed by atoms with van der Waals surface area (Å²) < 4.78 is 43.4. The Kier molecular flexibility index (Phi) is 5.92. The minimum Gasteiger partial charge on any atom is -0.497 e. The van der Waals surface area contributed by atoms with Gasteiger partial charge in [0.15, 0.2) is 0 Å². The van der Waals surface area contributed by atoms with Crippen molar-refractivity contribution in [2.24, 2.45) is 0 Å². The molecular weight excluding hydrogens is 369 g/mol. The highest BCUT2D eigenvalue weighted by Crippen LogP contribution is 2.29. The van der Waals surface area contributed by atoms with E-state index in [9.17, 15) is 18.0 Å². The van der Waals surface area contributed by atoms with Crippen LogP contribution in [0, 0.1) is 0 Å². The van der Waals surface area contributed by atoms with Gasteiger partial charge in [0.1, 0.15) is 5.75 Å². The van der Waals surface area contributed by atoms with Crippen LogP contribution in [0.5, 0.6) is 5.75 Å². The van der Waals surface area contributed by atoms with E-state index in [1.165, 1.54) is 18.2 Å². The Balaban J connectivity index is 1.57. The van der Waals surface area contributed by atoms with Crippen molar-refractivity contribution in [2.75, 3.05) is 38.2 Å². The molecule has 1 fully saturated rings. The van der Waals surface area contributed by atoms with Gasteiger partial charge >= 0.3 is 6.18 Å². The monoisotopic (exact) mass is 390 g/mol. The summed E-state index contributed by atoms with van der Waals surface area (Å²) in [5, 5.41) is 0. The number of rotatable bonds is 4. The number of halogens is 3. The third kappa shape index (κ3) is 4.85. The first-order valence-corrected chi connectivity index (χ1v) is 8.90. The highest BCUT2D eigenvalue weighted by Gasteiger charge is 2.30. The standard InChI is InChI=1S/C21H21F3N2O2/c1-28-19-8-6-18(7-9-19)25-11-13-26(14-12-25)20(27)10-5-16-3-2-4-17(15-16)21(22,23)24/h2-10,15H,11-14H2,1H3/b10-5+. The van der Waals surface area contributed by atoms with Gasteiger partial charge in [-0.3, -0.25) is 4.79 Å². The number of carbonyl (C=O) groups is 1. The Labute approximate surface area is 161 Å². The SMILES string of the molecule is COc1ccc(N2CCN(C(=O)/C=C/c3cccc(C(F)(F)F)c3)CC2)cc1. The Morgan fingerprint density at radius 2 is 1.71 bits per heavy atom. The summed E-state index contributed by atoms with van der Waals surface area (Å²) in [4.78, 5) is 16.2. The van der Waals surface area contributed by atoms with Crippen LogP contribution in [0.1, 0.15) is 11.1 Å². The second-order valence-electron chi connectivity index (χ2n) is 6.47. The van der Waals surface area contributed by atoms with Crippen molar-refractivity contribution >= 4 is 17.7 Å². The molecule has 0 aliphatic carbocycles. The molecule has 0 bridgehead atoms. The van der Waals surface area contributed by atoms with Gasteiger partial charge in [0.25, 0.3) is 0 Å². The first-order valence-electron chi connectivity index (χ1n) is 8.90. The van der Waals surface area contributed by atoms with Crippen molar-refractivity contribution < 1.29 is 22.7 Å². The van der Waals surface area contributed by atoms with Crippen molar-refractivity contribution in [1.82, 2.24) is 4.90 Å². The first-order chi connectivity index (χ1) is 13.4. The van der Waals surface area contributed by atoms with Crippen LogP contribution < -0.4 is 9.64 Å². The Morgan fingerprint density at radius 1 is 1.04 bits per heavy atom. The van der Waals surface area contributed by atoms with E-state index >= 15 is 0 Å². The number of anilines is 1. The van der Waals surface area contributed by atoms with Crippen LogP contribution in [-0.2, 0) is 11.0 Å². The van der Waals surface area contributed by atoms with E-state index in [1.807, 2.05) is 24.3 Å². The van der Waals surface area contributed by atoms with Gasteiger partial charge in [0, 0.05) is 37.9 Å². The number of hydrogen-bond acceptors (Lipinski definition) is 3. The molecule has 0 saturated carbocycles. The number of amides is 1. The Hall–Kier alpha value is -2.96. The molecule has 4 nitrogen and oxygen atoms in total. The fourth-order valence-electron chi connectivity index (χ4n) is 3.07. The summed E-state index contributed by atoms with van der Waals surface area (Å²) in [5.74, 6) is 0.587. The molecule has 28 heavy (non-hydrogen) atoms. The average Bonchev–Trinajstić information content (AvgIpc) is 2.72. The van der Waals surface area contributed by atoms with E-state index in [0.717, 1.165) is 23.6 Å². The zero-order valence-corrected chi connectivity index (χ0v) is 15.4. The van der Waals surface area contributed by atoms with E-state index < -0.39 is 11.7 Å². The van der Waals surface area contributed by atoms with Crippen LogP contribution in [0.25, 0.3) is 6.08 Å². The van der Waals surface area contributed by atoms with Crippen molar-refractivity contribution in [3.63, 3.8) is 0 Å². The molecule has 0 spiro atoms. The molecule has 1 amide bonds. The van der Waals surface area contributed by atoms with Gasteiger partial charge in [-0.05, 0) is 48.0 Å². The minimum atomic E-state index is -4.40. The van der Waals surface area contributed by atoms with Gasteiger partial charge < -0.3 is 14.5 Å². The fourth-order valence-corrected chi connectivity index (χ4v) is 3.07. The van der Waals surface area contributed by atoms with Crippen molar-refractivity contribution in [2.45, 2.75) is 6.18 Å². The predicted molar refractivity (Wildman–Crippen MR) is 102 cm³/mol. The molecule has 3 rings (SSSR count). The molecule has 148 valence electrons. The molecule has 1 aliphatic rings. The van der Waals surface area contributed by atoms with Gasteiger partial charge in [0.05, 0.1) is 12.7 Å². The molecule has 0 N–H and O–H groups in total. The van der Waals surface area contributed by atoms with Crippen molar-refractivity contribution in [3.8, 4) is 5.75 Å². The third-order valence-electron chi connectivity index (χ3n) is 4.66. The minimum absolute atomic E-state index is 0.202. The lowest BCUT2D eigenvalue weighted by atomic mass is 10.1. The molecule has 0 radical (unpaired) electrons. The average molecular weight is 390 g/mol. The van der Waals surface area contributed by atoms with Crippen LogP contribution in [0.3, 0.4) is 0 Å². The second-order valence-corrected chi connectivity index (χ2v) is 6.47. The van der Waals surface area contributed by atoms with Crippen molar-refractivity contribution in [1.29, 1.82) is 0 Å². The maximum absolute atomic E-state index is 12.8. The molecular formula is C21H21F3N2O2. The number of piperazine rings is 1. The number of nitrogens with zero attached hydrogens (tertiary/aromatic N) is 2. The van der Waals surface area contributed by atoms with Crippen LogP contribution >= 0.6 is 0 Å². The van der Waals surface area contributed by atoms with E-state index in [1.54, 1.807) is 18.1 Å². The van der Waals surface area contributed by atoms with Gasteiger partial charge in [-0.15, -0.1) is 0 Å². The summed E-state index contributed by atoms with van der Waals surface area (Å²) in [5.41, 5.74) is 0.683. The van der Waals surface area contributed by atoms with E-state index in [-0.39, 0.29) is 5.91 Å². The lowest BCUT2D eigenvalue weighted by Gasteiger charge is -2.35. The van der Waals surface area contributed by atoms with Crippen LogP contribution in [0.4, 0.5) is 18.9 Å². The normalized spacial score (nSPS) is 15.1. The molecule has 0 unspecified atom stereocenters. The molecule has 2 aromatic rings. The van der Waals surface area contributed by atoms with E-state index in [0.29, 0.717) is 31.7 Å². The van der Waals surface area contributed by atoms with E-state index in [4.69, 9.17) is 4.74 Å². The highest BCUT2D eigenvalue weighted by atomic mass is 19.4. The number of carbonyl (C=O) groups excluding carboxylic acids is 1. The van der Waals surface area contributed by atoms with Gasteiger partial charge in [-0.2, -0.15) is 13.2 Å². The summed E-state index contributed by atoms with van der Waals surface area (Å²) in [6.45, 7) is 2.49. The molecule has 1 saturated heterocycles. The van der Waals surface area contributed by atoms with Crippen LogP contribution in [0.2, 0.25) is 0 Å². The smallest absolute Gasteiger partial charge is 0.416 e. The van der Waals surface area contributed by atoms with Crippen LogP contribution in [-0.4, -0.2) is 44.1 Å². The Bertz CT molecular complexity index is 839. The summed E-state index contributed by atoms with van der Waals surface area (Å²) in [7, 11) is 1.62. The topological polar surface area (TPSA) is 32.8 Å². The molecule has 0 aromatic heterocycles. The number of ether oxygens (including phenoxy) is 1. The zero-order valence-electron chi connectivity index (χ0n) is 15.4. The molecule has 0 atom stereocenters. The maximum atomic E-state index is 12.8. The van der Waals surface area contributed by atoms with Gasteiger partial charge in [-0.1, -0.05) is 12.1 Å². The fraction of sp³-hybridized carbons (Fsp3) is 0.286. The Morgan fingerprint density at radius 3 is 2.32 bits per heavy atom. The lowest BCUT2D eigenvalue weighted by molar-refractivity contribution is -0.137. The molecule has 1 aliphatic heterocycles. The maximum Gasteiger partial charge on any atom is 0.416 e. The molecule has 2 aromatic carbocycles. The largest absolute Gasteiger partial charge is 0.497 e. The number of alkyl halides is 3. The molecule has 1 heterocycles. The van der Waals surface area contributed by atoms with E-state index in [2.05, 4.69) is 4.90 Å². The highest BCUT2D eigenvalue weighted by molar-refractivity contribution is 5.92. The summed E-state index contributed by atoms with van der Waals surface area (Å²) in [6, 6.07) is 12.7. The van der Waals surface area contributed by atoms with Gasteiger partial charge in [0.2, 0.25) is 5.91 Å². The third-order valence-corrected chi connectivity index (χ3v) is 4.66. The number of benzene rings is 2. The lowest BCUT2D eigenvalue weighted by Crippen LogP contribution is -2.48. The summed E-state index contributed by atoms with van der Waals surface area (Å²) in [6.07, 6.45) is -1.64. The number of methoxy groups -OCH3 is 1. The molecule has 7 heteroatoms. The quantitative estimate of drug-likeness (QED) is 0.738. The van der Waals surface area contributed by atoms with Crippen molar-refractivity contribution in [3.05, 3.63) is 65.7 Å². The first kappa shape index (κ1) is 19.8. The zero-order chi connectivity index (χ0) is 20.1. The van der Waals surface area contributed by atoms with Crippen LogP contribution in [0.15, 0.2) is 54.6 Å². The van der Waals surface area contributed by atoms with Gasteiger partial charge in [-0.25, -0.2) is 0 Å². The summed E-state index contributed by atoms with van der Waals surface area (Å²) >= 11 is 0. The number of hydrogen-bond donors (Lipinski definition) is 0. The second kappa shape index (κ2) is 8.37.